The molecule has 3 saturated carbocycles. The average Bonchev–Trinajstić information content (AvgIpc) is 2.99. The van der Waals surface area contributed by atoms with Crippen LogP contribution in [0.15, 0.2) is 11.6 Å². The summed E-state index contributed by atoms with van der Waals surface area (Å²) in [7, 11) is 4.41. The fourth-order valence-corrected chi connectivity index (χ4v) is 8.55. The molecule has 0 aromatic heterocycles. The van der Waals surface area contributed by atoms with E-state index in [0.717, 1.165) is 42.4 Å². The Hall–Kier alpha value is -0.0500. The van der Waals surface area contributed by atoms with Crippen LogP contribution in [0.25, 0.3) is 0 Å². The van der Waals surface area contributed by atoms with Gasteiger partial charge in [-0.3, -0.25) is 0 Å². The van der Waals surface area contributed by atoms with Gasteiger partial charge in [-0.15, -0.1) is 12.4 Å². The summed E-state index contributed by atoms with van der Waals surface area (Å²) in [6, 6.07) is 0. The van der Waals surface area contributed by atoms with Crippen LogP contribution >= 0.6 is 12.4 Å². The van der Waals surface area contributed by atoms with Crippen LogP contribution in [-0.2, 0) is 0 Å². The van der Waals surface area contributed by atoms with E-state index in [4.69, 9.17) is 0 Å². The van der Waals surface area contributed by atoms with Gasteiger partial charge in [0, 0.05) is 0 Å². The van der Waals surface area contributed by atoms with E-state index in [9.17, 15) is 5.11 Å². The SMILES string of the molecule is C[C@H](CCCN(C)C)[C@H]1CC[C@H]2[C@@H]3CC=C4C[C@@H](O)CC[C@]4(C)[C@H]3CC[C@]12C.Cl. The Morgan fingerprint density at radius 2 is 1.86 bits per heavy atom. The summed E-state index contributed by atoms with van der Waals surface area (Å²) in [6.45, 7) is 9.03. The van der Waals surface area contributed by atoms with E-state index in [1.54, 1.807) is 5.57 Å². The monoisotopic (exact) mass is 423 g/mol. The molecule has 3 fully saturated rings. The number of rotatable bonds is 5. The molecule has 0 aromatic carbocycles. The van der Waals surface area contributed by atoms with Crippen LogP contribution < -0.4 is 0 Å². The van der Waals surface area contributed by atoms with E-state index >= 15 is 0 Å². The molecule has 0 amide bonds. The summed E-state index contributed by atoms with van der Waals surface area (Å²) < 4.78 is 0. The summed E-state index contributed by atoms with van der Waals surface area (Å²) in [5.74, 6) is 4.53. The minimum Gasteiger partial charge on any atom is -0.393 e. The van der Waals surface area contributed by atoms with Crippen molar-refractivity contribution in [3.8, 4) is 0 Å². The highest BCUT2D eigenvalue weighted by molar-refractivity contribution is 5.85. The molecule has 1 N–H and O–H groups in total. The lowest BCUT2D eigenvalue weighted by Crippen LogP contribution is -2.50. The second kappa shape index (κ2) is 8.83. The number of hydrogen-bond donors (Lipinski definition) is 1. The van der Waals surface area contributed by atoms with Crippen LogP contribution in [0, 0.1) is 40.4 Å². The van der Waals surface area contributed by atoms with Crippen molar-refractivity contribution in [3.63, 3.8) is 0 Å². The summed E-state index contributed by atoms with van der Waals surface area (Å²) in [6.07, 6.45) is 15.6. The maximum Gasteiger partial charge on any atom is 0.0577 e. The van der Waals surface area contributed by atoms with Crippen LogP contribution in [0.5, 0.6) is 0 Å². The Bertz CT molecular complexity index is 604. The van der Waals surface area contributed by atoms with E-state index in [1.165, 1.54) is 57.9 Å². The highest BCUT2D eigenvalue weighted by atomic mass is 35.5. The molecule has 0 aliphatic heterocycles. The molecule has 0 spiro atoms. The van der Waals surface area contributed by atoms with E-state index in [-0.39, 0.29) is 18.5 Å². The molecule has 0 saturated heterocycles. The molecule has 4 aliphatic carbocycles. The van der Waals surface area contributed by atoms with Crippen LogP contribution in [-0.4, -0.2) is 36.8 Å². The fraction of sp³-hybridized carbons (Fsp3) is 0.923. The summed E-state index contributed by atoms with van der Waals surface area (Å²) >= 11 is 0. The first kappa shape index (κ1) is 23.6. The van der Waals surface area contributed by atoms with Crippen molar-refractivity contribution in [2.24, 2.45) is 40.4 Å². The quantitative estimate of drug-likeness (QED) is 0.522. The van der Waals surface area contributed by atoms with Crippen molar-refractivity contribution in [3.05, 3.63) is 11.6 Å². The Labute approximate surface area is 186 Å². The van der Waals surface area contributed by atoms with Gasteiger partial charge in [-0.2, -0.15) is 0 Å². The molecule has 0 bridgehead atoms. The van der Waals surface area contributed by atoms with Gasteiger partial charge in [-0.25, -0.2) is 0 Å². The van der Waals surface area contributed by atoms with Gasteiger partial charge in [0.25, 0.3) is 0 Å². The van der Waals surface area contributed by atoms with Gasteiger partial charge in [0.05, 0.1) is 6.10 Å². The van der Waals surface area contributed by atoms with Gasteiger partial charge in [0.15, 0.2) is 0 Å². The van der Waals surface area contributed by atoms with Crippen LogP contribution in [0.1, 0.15) is 85.0 Å². The van der Waals surface area contributed by atoms with Gasteiger partial charge in [-0.05, 0) is 125 Å². The minimum atomic E-state index is -0.0800. The van der Waals surface area contributed by atoms with E-state index in [1.807, 2.05) is 0 Å². The average molecular weight is 424 g/mol. The van der Waals surface area contributed by atoms with Crippen molar-refractivity contribution < 1.29 is 5.11 Å². The minimum absolute atomic E-state index is 0. The first-order valence-electron chi connectivity index (χ1n) is 12.3. The van der Waals surface area contributed by atoms with Crippen molar-refractivity contribution in [2.75, 3.05) is 20.6 Å². The lowest BCUT2D eigenvalue weighted by atomic mass is 9.47. The Kier molecular flexibility index (Phi) is 7.19. The molecule has 3 heteroatoms. The summed E-state index contributed by atoms with van der Waals surface area (Å²) in [4.78, 5) is 2.34. The number of fused-ring (bicyclic) bond motifs is 5. The lowest BCUT2D eigenvalue weighted by Gasteiger charge is -2.58. The molecule has 4 aliphatic rings. The van der Waals surface area contributed by atoms with Gasteiger partial charge < -0.3 is 10.0 Å². The zero-order chi connectivity index (χ0) is 20.1. The van der Waals surface area contributed by atoms with Gasteiger partial charge in [0.1, 0.15) is 0 Å². The zero-order valence-corrected chi connectivity index (χ0v) is 20.4. The van der Waals surface area contributed by atoms with E-state index < -0.39 is 0 Å². The largest absolute Gasteiger partial charge is 0.393 e. The Balaban J connectivity index is 0.00000240. The van der Waals surface area contributed by atoms with Gasteiger partial charge >= 0.3 is 0 Å². The number of aliphatic hydroxyl groups is 1. The van der Waals surface area contributed by atoms with Gasteiger partial charge in [-0.1, -0.05) is 32.4 Å². The second-order valence-corrected chi connectivity index (χ2v) is 11.8. The molecule has 2 nitrogen and oxygen atoms in total. The highest BCUT2D eigenvalue weighted by Gasteiger charge is 2.59. The Morgan fingerprint density at radius 1 is 1.10 bits per heavy atom. The second-order valence-electron chi connectivity index (χ2n) is 11.8. The standard InChI is InChI=1S/C26H45NO.ClH/c1-18(7-6-16-27(4)5)22-10-11-23-21-9-8-19-17-20(28)12-14-25(19,2)24(21)13-15-26(22,23)3;/h8,18,20-24,28H,6-7,9-17H2,1-5H3;1H/t18-,20+,21+,22-,23+,24+,25+,26-;/m1./s1. The molecular weight excluding hydrogens is 378 g/mol. The molecular formula is C26H46ClNO. The highest BCUT2D eigenvalue weighted by Crippen LogP contribution is 2.67. The summed E-state index contributed by atoms with van der Waals surface area (Å²) in [5, 5.41) is 10.2. The zero-order valence-electron chi connectivity index (χ0n) is 19.6. The maximum absolute atomic E-state index is 10.2. The van der Waals surface area contributed by atoms with Crippen LogP contribution in [0.4, 0.5) is 0 Å². The predicted octanol–water partition coefficient (Wildman–Crippen LogP) is 6.33. The smallest absolute Gasteiger partial charge is 0.0577 e. The first-order valence-corrected chi connectivity index (χ1v) is 12.3. The molecule has 0 radical (unpaired) electrons. The normalized spacial score (nSPS) is 44.9. The van der Waals surface area contributed by atoms with Crippen molar-refractivity contribution >= 4 is 12.4 Å². The number of hydrogen-bond acceptors (Lipinski definition) is 2. The van der Waals surface area contributed by atoms with E-state index in [2.05, 4.69) is 45.8 Å². The third kappa shape index (κ3) is 4.08. The van der Waals surface area contributed by atoms with Crippen LogP contribution in [0.3, 0.4) is 0 Å². The molecule has 8 atom stereocenters. The molecule has 0 aromatic rings. The van der Waals surface area contributed by atoms with Gasteiger partial charge in [0.2, 0.25) is 0 Å². The van der Waals surface area contributed by atoms with Crippen LogP contribution in [0.2, 0.25) is 0 Å². The first-order chi connectivity index (χ1) is 13.3. The number of nitrogens with zero attached hydrogens (tertiary/aromatic N) is 1. The lowest BCUT2D eigenvalue weighted by molar-refractivity contribution is -0.0573. The molecule has 4 rings (SSSR count). The van der Waals surface area contributed by atoms with Crippen molar-refractivity contribution in [2.45, 2.75) is 91.1 Å². The fourth-order valence-electron chi connectivity index (χ4n) is 8.55. The number of allylic oxidation sites excluding steroid dienone is 1. The third-order valence-electron chi connectivity index (χ3n) is 10.1. The number of aliphatic hydroxyl groups excluding tert-OH is 1. The Morgan fingerprint density at radius 3 is 2.59 bits per heavy atom. The van der Waals surface area contributed by atoms with Crippen molar-refractivity contribution in [1.29, 1.82) is 0 Å². The predicted molar refractivity (Wildman–Crippen MR) is 125 cm³/mol. The summed E-state index contributed by atoms with van der Waals surface area (Å²) in [5.41, 5.74) is 2.58. The molecule has 0 unspecified atom stereocenters. The molecule has 168 valence electrons. The van der Waals surface area contributed by atoms with E-state index in [0.29, 0.717) is 10.8 Å². The topological polar surface area (TPSA) is 23.5 Å². The van der Waals surface area contributed by atoms with Crippen molar-refractivity contribution in [1.82, 2.24) is 4.90 Å². The molecule has 29 heavy (non-hydrogen) atoms. The maximum atomic E-state index is 10.2. The third-order valence-corrected chi connectivity index (χ3v) is 10.1. The number of halogens is 1. The molecule has 0 heterocycles.